The zero-order chi connectivity index (χ0) is 15.2. The van der Waals surface area contributed by atoms with E-state index in [1.807, 2.05) is 11.4 Å². The van der Waals surface area contributed by atoms with Gasteiger partial charge in [0.25, 0.3) is 16.1 Å². The number of fused-ring (bicyclic) bond motifs is 2. The lowest BCUT2D eigenvalue weighted by Gasteiger charge is -2.34. The van der Waals surface area contributed by atoms with E-state index >= 15 is 0 Å². The molecule has 1 saturated carbocycles. The second kappa shape index (κ2) is 5.35. The molecule has 1 saturated heterocycles. The number of amides is 1. The molecule has 2 fully saturated rings. The molecule has 1 aliphatic carbocycles. The van der Waals surface area contributed by atoms with Gasteiger partial charge in [-0.15, -0.1) is 11.3 Å². The van der Waals surface area contributed by atoms with Crippen LogP contribution >= 0.6 is 11.3 Å². The number of rotatable bonds is 4. The molecule has 2 heterocycles. The first-order valence-corrected chi connectivity index (χ1v) is 9.21. The van der Waals surface area contributed by atoms with Crippen LogP contribution < -0.4 is 5.32 Å². The zero-order valence-corrected chi connectivity index (χ0v) is 13.7. The van der Waals surface area contributed by atoms with Crippen LogP contribution in [0.1, 0.15) is 22.5 Å². The Labute approximate surface area is 128 Å². The first kappa shape index (κ1) is 15.0. The zero-order valence-electron chi connectivity index (χ0n) is 12.0. The molecule has 6 nitrogen and oxygen atoms in total. The van der Waals surface area contributed by atoms with Crippen LogP contribution in [0.5, 0.6) is 0 Å². The Hall–Kier alpha value is -0.960. The molecule has 3 rings (SSSR count). The fourth-order valence-electron chi connectivity index (χ4n) is 3.25. The highest BCUT2D eigenvalue weighted by Gasteiger charge is 2.50. The van der Waals surface area contributed by atoms with Gasteiger partial charge in [0.15, 0.2) is 0 Å². The van der Waals surface area contributed by atoms with Gasteiger partial charge in [0.1, 0.15) is 0 Å². The molecule has 21 heavy (non-hydrogen) atoms. The van der Waals surface area contributed by atoms with Crippen LogP contribution in [0, 0.1) is 5.92 Å². The quantitative estimate of drug-likeness (QED) is 0.886. The summed E-state index contributed by atoms with van der Waals surface area (Å²) in [5.74, 6) is 0.239. The number of thiophene rings is 1. The van der Waals surface area contributed by atoms with E-state index in [2.05, 4.69) is 5.32 Å². The molecule has 0 spiro atoms. The molecule has 1 aromatic rings. The molecular formula is C13H19N3O3S2. The van der Waals surface area contributed by atoms with Crippen LogP contribution in [0.3, 0.4) is 0 Å². The number of piperidine rings is 1. The Bertz CT molecular complexity index is 627. The first-order valence-electron chi connectivity index (χ1n) is 6.93. The molecule has 1 amide bonds. The summed E-state index contributed by atoms with van der Waals surface area (Å²) in [4.78, 5) is 12.8. The van der Waals surface area contributed by atoms with Crippen molar-refractivity contribution in [1.82, 2.24) is 13.9 Å². The third-order valence-corrected chi connectivity index (χ3v) is 7.06. The highest BCUT2D eigenvalue weighted by molar-refractivity contribution is 7.86. The van der Waals surface area contributed by atoms with Gasteiger partial charge in [-0.25, -0.2) is 0 Å². The lowest BCUT2D eigenvalue weighted by Crippen LogP contribution is -2.54. The minimum absolute atomic E-state index is 0.0897. The van der Waals surface area contributed by atoms with Gasteiger partial charge in [0.05, 0.1) is 4.88 Å². The van der Waals surface area contributed by atoms with E-state index < -0.39 is 10.2 Å². The van der Waals surface area contributed by atoms with E-state index in [1.165, 1.54) is 15.6 Å². The monoisotopic (exact) mass is 329 g/mol. The normalized spacial score (nSPS) is 29.2. The van der Waals surface area contributed by atoms with Crippen LogP contribution in [0.4, 0.5) is 0 Å². The maximum Gasteiger partial charge on any atom is 0.281 e. The van der Waals surface area contributed by atoms with E-state index in [1.54, 1.807) is 24.5 Å². The molecule has 2 bridgehead atoms. The average molecular weight is 329 g/mol. The average Bonchev–Trinajstić information content (AvgIpc) is 3.14. The third-order valence-electron chi connectivity index (χ3n) is 4.25. The summed E-state index contributed by atoms with van der Waals surface area (Å²) in [6.07, 6.45) is 1.70. The maximum atomic E-state index is 12.3. The van der Waals surface area contributed by atoms with Crippen molar-refractivity contribution < 1.29 is 13.2 Å². The van der Waals surface area contributed by atoms with Gasteiger partial charge in [-0.1, -0.05) is 6.07 Å². The van der Waals surface area contributed by atoms with Crippen LogP contribution in [-0.2, 0) is 10.2 Å². The highest BCUT2D eigenvalue weighted by atomic mass is 32.2. The summed E-state index contributed by atoms with van der Waals surface area (Å²) in [5.41, 5.74) is 0. The van der Waals surface area contributed by atoms with Gasteiger partial charge in [-0.05, 0) is 30.2 Å². The Balaban J connectivity index is 1.73. The second-order valence-corrected chi connectivity index (χ2v) is 8.86. The van der Waals surface area contributed by atoms with E-state index in [4.69, 9.17) is 0 Å². The minimum Gasteiger partial charge on any atom is -0.347 e. The fourth-order valence-corrected chi connectivity index (χ4v) is 5.27. The van der Waals surface area contributed by atoms with Crippen LogP contribution in [0.15, 0.2) is 17.5 Å². The topological polar surface area (TPSA) is 69.7 Å². The Morgan fingerprint density at radius 1 is 1.43 bits per heavy atom. The summed E-state index contributed by atoms with van der Waals surface area (Å²) < 4.78 is 27.4. The van der Waals surface area contributed by atoms with E-state index in [9.17, 15) is 13.2 Å². The molecule has 8 heteroatoms. The van der Waals surface area contributed by atoms with Crippen molar-refractivity contribution in [1.29, 1.82) is 0 Å². The van der Waals surface area contributed by atoms with Crippen molar-refractivity contribution in [2.24, 2.45) is 5.92 Å². The highest BCUT2D eigenvalue weighted by Crippen LogP contribution is 2.39. The number of hydrogen-bond donors (Lipinski definition) is 1. The number of carbonyl (C=O) groups excluding carboxylic acids is 1. The molecule has 2 aliphatic rings. The first-order chi connectivity index (χ1) is 9.89. The van der Waals surface area contributed by atoms with E-state index in [-0.39, 0.29) is 18.0 Å². The molecule has 0 aromatic carbocycles. The van der Waals surface area contributed by atoms with E-state index in [0.717, 1.165) is 12.8 Å². The van der Waals surface area contributed by atoms with Gasteiger partial charge < -0.3 is 5.32 Å². The summed E-state index contributed by atoms with van der Waals surface area (Å²) >= 11 is 1.39. The van der Waals surface area contributed by atoms with Crippen molar-refractivity contribution in [2.75, 3.05) is 20.6 Å². The predicted octanol–water partition coefficient (Wildman–Crippen LogP) is 0.747. The van der Waals surface area contributed by atoms with Gasteiger partial charge in [-0.2, -0.15) is 17.0 Å². The number of nitrogens with zero attached hydrogens (tertiary/aromatic N) is 2. The Morgan fingerprint density at radius 2 is 2.19 bits per heavy atom. The summed E-state index contributed by atoms with van der Waals surface area (Å²) in [7, 11) is -0.328. The van der Waals surface area contributed by atoms with Gasteiger partial charge in [0.2, 0.25) is 0 Å². The molecular weight excluding hydrogens is 310 g/mol. The van der Waals surface area contributed by atoms with E-state index in [0.29, 0.717) is 17.3 Å². The van der Waals surface area contributed by atoms with Gasteiger partial charge in [-0.3, -0.25) is 4.79 Å². The van der Waals surface area contributed by atoms with Crippen molar-refractivity contribution in [3.8, 4) is 0 Å². The molecule has 0 radical (unpaired) electrons. The van der Waals surface area contributed by atoms with Crippen molar-refractivity contribution in [2.45, 2.75) is 24.9 Å². The molecule has 1 aromatic heterocycles. The number of nitrogens with one attached hydrogen (secondary N) is 1. The lowest BCUT2D eigenvalue weighted by molar-refractivity contribution is 0.0920. The van der Waals surface area contributed by atoms with Crippen LogP contribution in [0.2, 0.25) is 0 Å². The van der Waals surface area contributed by atoms with Crippen molar-refractivity contribution >= 4 is 27.5 Å². The Morgan fingerprint density at radius 3 is 2.76 bits per heavy atom. The minimum atomic E-state index is -3.41. The Kier molecular flexibility index (Phi) is 3.81. The molecule has 3 unspecified atom stereocenters. The predicted molar refractivity (Wildman–Crippen MR) is 81.4 cm³/mol. The third kappa shape index (κ3) is 2.61. The fraction of sp³-hybridized carbons (Fsp3) is 0.615. The van der Waals surface area contributed by atoms with Crippen molar-refractivity contribution in [3.63, 3.8) is 0 Å². The van der Waals surface area contributed by atoms with Crippen LogP contribution in [-0.4, -0.2) is 55.7 Å². The van der Waals surface area contributed by atoms with Crippen molar-refractivity contribution in [3.05, 3.63) is 22.4 Å². The summed E-state index contributed by atoms with van der Waals surface area (Å²) in [5, 5.41) is 4.86. The summed E-state index contributed by atoms with van der Waals surface area (Å²) in [6.45, 7) is 0.566. The molecule has 1 aliphatic heterocycles. The van der Waals surface area contributed by atoms with Crippen LogP contribution in [0.25, 0.3) is 0 Å². The number of carbonyl (C=O) groups is 1. The largest absolute Gasteiger partial charge is 0.347 e. The SMILES string of the molecule is CN(C)S(=O)(=O)N1CC2CC(NC(=O)c3cccs3)C1C2. The van der Waals surface area contributed by atoms with Gasteiger partial charge >= 0.3 is 0 Å². The van der Waals surface area contributed by atoms with Gasteiger partial charge in [0, 0.05) is 32.7 Å². The molecule has 116 valence electrons. The molecule has 1 N–H and O–H groups in total. The molecule has 3 atom stereocenters. The maximum absolute atomic E-state index is 12.3. The lowest BCUT2D eigenvalue weighted by atomic mass is 10.1. The number of hydrogen-bond acceptors (Lipinski definition) is 4. The summed E-state index contributed by atoms with van der Waals surface area (Å²) in [6, 6.07) is 3.41. The smallest absolute Gasteiger partial charge is 0.281 e. The second-order valence-electron chi connectivity index (χ2n) is 5.82. The standard InChI is InChI=1S/C13H19N3O3S2/c1-15(2)21(18,19)16-8-9-6-10(11(16)7-9)14-13(17)12-4-3-5-20-12/h3-5,9-11H,6-8H2,1-2H3,(H,14,17).